The second-order valence-electron chi connectivity index (χ2n) is 6.25. The van der Waals surface area contributed by atoms with Gasteiger partial charge in [-0.3, -0.25) is 9.59 Å². The lowest BCUT2D eigenvalue weighted by Gasteiger charge is -2.11. The van der Waals surface area contributed by atoms with Crippen molar-refractivity contribution in [2.24, 2.45) is 5.73 Å². The SMILES string of the molecule is COc1ccc(Cl)cc1C(=O)OCC(=O)Nc1sc2c(c1C(N)=O)CCCC2. The second kappa shape index (κ2) is 8.62. The topological polar surface area (TPSA) is 108 Å². The van der Waals surface area contributed by atoms with Crippen molar-refractivity contribution in [2.75, 3.05) is 19.0 Å². The predicted octanol–water partition coefficient (Wildman–Crippen LogP) is 3.18. The van der Waals surface area contributed by atoms with Crippen LogP contribution in [0.15, 0.2) is 18.2 Å². The van der Waals surface area contributed by atoms with E-state index in [0.29, 0.717) is 15.6 Å². The molecule has 0 bridgehead atoms. The Bertz CT molecular complexity index is 941. The smallest absolute Gasteiger partial charge is 0.342 e. The van der Waals surface area contributed by atoms with E-state index in [0.717, 1.165) is 36.1 Å². The molecule has 0 saturated carbocycles. The van der Waals surface area contributed by atoms with Gasteiger partial charge in [0.2, 0.25) is 0 Å². The molecule has 0 spiro atoms. The Kier molecular flexibility index (Phi) is 6.21. The average molecular weight is 423 g/mol. The van der Waals surface area contributed by atoms with E-state index in [1.54, 1.807) is 6.07 Å². The van der Waals surface area contributed by atoms with Crippen molar-refractivity contribution in [3.8, 4) is 5.75 Å². The number of hydrogen-bond donors (Lipinski definition) is 2. The highest BCUT2D eigenvalue weighted by Crippen LogP contribution is 2.37. The number of esters is 1. The number of primary amides is 1. The van der Waals surface area contributed by atoms with Gasteiger partial charge < -0.3 is 20.5 Å². The zero-order chi connectivity index (χ0) is 20.3. The summed E-state index contributed by atoms with van der Waals surface area (Å²) >= 11 is 7.25. The molecular weight excluding hydrogens is 404 g/mol. The minimum atomic E-state index is -0.741. The van der Waals surface area contributed by atoms with Crippen LogP contribution in [0.5, 0.6) is 5.75 Å². The van der Waals surface area contributed by atoms with E-state index < -0.39 is 24.4 Å². The van der Waals surface area contributed by atoms with Gasteiger partial charge in [0, 0.05) is 9.90 Å². The minimum absolute atomic E-state index is 0.118. The first-order valence-electron chi connectivity index (χ1n) is 8.65. The first-order chi connectivity index (χ1) is 13.4. The normalized spacial score (nSPS) is 12.8. The Morgan fingerprint density at radius 3 is 2.71 bits per heavy atom. The Balaban J connectivity index is 1.68. The van der Waals surface area contributed by atoms with E-state index in [1.165, 1.54) is 30.6 Å². The number of halogens is 1. The van der Waals surface area contributed by atoms with Crippen molar-refractivity contribution >= 4 is 45.7 Å². The summed E-state index contributed by atoms with van der Waals surface area (Å²) in [6.07, 6.45) is 3.65. The quantitative estimate of drug-likeness (QED) is 0.695. The number of methoxy groups -OCH3 is 1. The Morgan fingerprint density at radius 2 is 2.00 bits per heavy atom. The van der Waals surface area contributed by atoms with Crippen LogP contribution in [0.1, 0.15) is 44.0 Å². The molecule has 3 N–H and O–H groups in total. The highest BCUT2D eigenvalue weighted by atomic mass is 35.5. The maximum atomic E-state index is 12.3. The van der Waals surface area contributed by atoms with Crippen LogP contribution in [0.3, 0.4) is 0 Å². The summed E-state index contributed by atoms with van der Waals surface area (Å²) in [5.41, 5.74) is 6.90. The number of aryl methyl sites for hydroxylation is 1. The summed E-state index contributed by atoms with van der Waals surface area (Å²) in [6, 6.07) is 4.52. The molecular formula is C19H19ClN2O5S. The number of carbonyl (C=O) groups is 3. The predicted molar refractivity (Wildman–Crippen MR) is 106 cm³/mol. The van der Waals surface area contributed by atoms with Crippen molar-refractivity contribution in [1.29, 1.82) is 0 Å². The highest BCUT2D eigenvalue weighted by molar-refractivity contribution is 7.17. The van der Waals surface area contributed by atoms with Crippen LogP contribution in [0.2, 0.25) is 5.02 Å². The molecule has 28 heavy (non-hydrogen) atoms. The van der Waals surface area contributed by atoms with Gasteiger partial charge in [-0.05, 0) is 49.4 Å². The molecule has 1 aliphatic rings. The largest absolute Gasteiger partial charge is 0.496 e. The number of nitrogens with one attached hydrogen (secondary N) is 1. The monoisotopic (exact) mass is 422 g/mol. The van der Waals surface area contributed by atoms with Crippen LogP contribution in [0.25, 0.3) is 0 Å². The molecule has 7 nitrogen and oxygen atoms in total. The summed E-state index contributed by atoms with van der Waals surface area (Å²) in [7, 11) is 1.41. The number of anilines is 1. The van der Waals surface area contributed by atoms with Gasteiger partial charge in [0.25, 0.3) is 11.8 Å². The Morgan fingerprint density at radius 1 is 1.25 bits per heavy atom. The molecule has 0 aliphatic heterocycles. The van der Waals surface area contributed by atoms with E-state index in [9.17, 15) is 14.4 Å². The third kappa shape index (κ3) is 4.28. The lowest BCUT2D eigenvalue weighted by atomic mass is 9.95. The lowest BCUT2D eigenvalue weighted by Crippen LogP contribution is -2.23. The number of nitrogens with two attached hydrogens (primary N) is 1. The first kappa shape index (κ1) is 20.2. The minimum Gasteiger partial charge on any atom is -0.496 e. The van der Waals surface area contributed by atoms with E-state index in [4.69, 9.17) is 26.8 Å². The molecule has 0 unspecified atom stereocenters. The van der Waals surface area contributed by atoms with Crippen LogP contribution in [0, 0.1) is 0 Å². The number of thiophene rings is 1. The van der Waals surface area contributed by atoms with E-state index >= 15 is 0 Å². The molecule has 148 valence electrons. The molecule has 1 aromatic carbocycles. The third-order valence-corrected chi connectivity index (χ3v) is 5.83. The van der Waals surface area contributed by atoms with Crippen molar-refractivity contribution in [3.63, 3.8) is 0 Å². The van der Waals surface area contributed by atoms with Crippen LogP contribution in [-0.4, -0.2) is 31.5 Å². The number of carbonyl (C=O) groups excluding carboxylic acids is 3. The van der Waals surface area contributed by atoms with Crippen LogP contribution in [0.4, 0.5) is 5.00 Å². The maximum Gasteiger partial charge on any atom is 0.342 e. The molecule has 0 saturated heterocycles. The summed E-state index contributed by atoms with van der Waals surface area (Å²) in [5.74, 6) is -1.59. The molecule has 0 fully saturated rings. The summed E-state index contributed by atoms with van der Waals surface area (Å²) < 4.78 is 10.2. The van der Waals surface area contributed by atoms with Crippen molar-refractivity contribution < 1.29 is 23.9 Å². The Labute approximate surface area is 170 Å². The van der Waals surface area contributed by atoms with E-state index in [2.05, 4.69) is 5.32 Å². The lowest BCUT2D eigenvalue weighted by molar-refractivity contribution is -0.119. The molecule has 3 rings (SSSR count). The molecule has 1 aliphatic carbocycles. The molecule has 2 amide bonds. The number of rotatable bonds is 6. The summed E-state index contributed by atoms with van der Waals surface area (Å²) in [6.45, 7) is -0.519. The van der Waals surface area contributed by atoms with Crippen molar-refractivity contribution in [1.82, 2.24) is 0 Å². The number of benzene rings is 1. The van der Waals surface area contributed by atoms with Gasteiger partial charge in [-0.25, -0.2) is 4.79 Å². The molecule has 1 aromatic heterocycles. The molecule has 0 radical (unpaired) electrons. The van der Waals surface area contributed by atoms with Gasteiger partial charge in [0.15, 0.2) is 6.61 Å². The van der Waals surface area contributed by atoms with Gasteiger partial charge in [-0.1, -0.05) is 11.6 Å². The first-order valence-corrected chi connectivity index (χ1v) is 9.85. The second-order valence-corrected chi connectivity index (χ2v) is 7.79. The van der Waals surface area contributed by atoms with Crippen LogP contribution in [-0.2, 0) is 22.4 Å². The van der Waals surface area contributed by atoms with Gasteiger partial charge >= 0.3 is 5.97 Å². The number of amides is 2. The van der Waals surface area contributed by atoms with Crippen molar-refractivity contribution in [2.45, 2.75) is 25.7 Å². The Hall–Kier alpha value is -2.58. The molecule has 1 heterocycles. The number of ether oxygens (including phenoxy) is 2. The standard InChI is InChI=1S/C19H19ClN2O5S/c1-26-13-7-6-10(20)8-12(13)19(25)27-9-15(23)22-18-16(17(21)24)11-4-2-3-5-14(11)28-18/h6-8H,2-5,9H2,1H3,(H2,21,24)(H,22,23). The fourth-order valence-electron chi connectivity index (χ4n) is 3.13. The van der Waals surface area contributed by atoms with Gasteiger partial charge in [0.05, 0.1) is 12.7 Å². The van der Waals surface area contributed by atoms with Crippen LogP contribution < -0.4 is 15.8 Å². The van der Waals surface area contributed by atoms with E-state index in [1.807, 2.05) is 0 Å². The van der Waals surface area contributed by atoms with Crippen molar-refractivity contribution in [3.05, 3.63) is 44.8 Å². The molecule has 2 aromatic rings. The van der Waals surface area contributed by atoms with Gasteiger partial charge in [-0.15, -0.1) is 11.3 Å². The zero-order valence-corrected chi connectivity index (χ0v) is 16.7. The van der Waals surface area contributed by atoms with Crippen LogP contribution >= 0.6 is 22.9 Å². The van der Waals surface area contributed by atoms with Gasteiger partial charge in [0.1, 0.15) is 16.3 Å². The summed E-state index contributed by atoms with van der Waals surface area (Å²) in [5, 5.41) is 3.38. The molecule has 0 atom stereocenters. The molecule has 9 heteroatoms. The number of fused-ring (bicyclic) bond motifs is 1. The maximum absolute atomic E-state index is 12.3. The number of hydrogen-bond acceptors (Lipinski definition) is 6. The summed E-state index contributed by atoms with van der Waals surface area (Å²) in [4.78, 5) is 37.4. The van der Waals surface area contributed by atoms with E-state index in [-0.39, 0.29) is 11.3 Å². The zero-order valence-electron chi connectivity index (χ0n) is 15.2. The van der Waals surface area contributed by atoms with Gasteiger partial charge in [-0.2, -0.15) is 0 Å². The third-order valence-electron chi connectivity index (χ3n) is 4.39. The highest BCUT2D eigenvalue weighted by Gasteiger charge is 2.25. The fourth-order valence-corrected chi connectivity index (χ4v) is 4.61. The fraction of sp³-hybridized carbons (Fsp3) is 0.316. The average Bonchev–Trinajstić information content (AvgIpc) is 3.03.